The Hall–Kier alpha value is -3.06. The van der Waals surface area contributed by atoms with Crippen LogP contribution in [0.4, 0.5) is 4.39 Å². The molecule has 1 N–H and O–H groups in total. The average Bonchev–Trinajstić information content (AvgIpc) is 3.08. The molecule has 0 saturated carbocycles. The van der Waals surface area contributed by atoms with Crippen molar-refractivity contribution in [3.63, 3.8) is 0 Å². The van der Waals surface area contributed by atoms with Crippen molar-refractivity contribution < 1.29 is 23.8 Å². The first-order valence-electron chi connectivity index (χ1n) is 10.5. The standard InChI is InChI=1S/C26H19Cl3FNO4/c1-35-25-19(28)12-16(13-20(25)29)23(32)21-22(15-4-8-18(30)9-5-15)31(26(34)24(21)33)11-10-14-2-6-17(27)7-3-14/h2-9,12-13,22,32H,10-11H2,1H3/b23-21+. The Kier molecular flexibility index (Phi) is 7.36. The van der Waals surface area contributed by atoms with Crippen LogP contribution in [0.5, 0.6) is 5.75 Å². The molecule has 35 heavy (non-hydrogen) atoms. The van der Waals surface area contributed by atoms with Crippen LogP contribution in [0, 0.1) is 5.82 Å². The molecule has 1 aliphatic heterocycles. The summed E-state index contributed by atoms with van der Waals surface area (Å²) in [6.45, 7) is 0.176. The lowest BCUT2D eigenvalue weighted by Gasteiger charge is -2.25. The number of ketones is 1. The Morgan fingerprint density at radius 2 is 1.60 bits per heavy atom. The molecule has 3 aromatic carbocycles. The number of halogens is 4. The fraction of sp³-hybridized carbons (Fsp3) is 0.154. The Labute approximate surface area is 216 Å². The molecule has 0 aliphatic carbocycles. The quantitative estimate of drug-likeness (QED) is 0.224. The van der Waals surface area contributed by atoms with Gasteiger partial charge in [0.2, 0.25) is 0 Å². The lowest BCUT2D eigenvalue weighted by atomic mass is 9.95. The van der Waals surface area contributed by atoms with Crippen LogP contribution in [-0.4, -0.2) is 35.4 Å². The molecule has 1 aliphatic rings. The molecule has 3 aromatic rings. The number of likely N-dealkylation sites (tertiary alicyclic amines) is 1. The van der Waals surface area contributed by atoms with Crippen LogP contribution in [0.25, 0.3) is 5.76 Å². The maximum atomic E-state index is 13.6. The van der Waals surface area contributed by atoms with Gasteiger partial charge in [0.15, 0.2) is 5.75 Å². The normalized spacial score (nSPS) is 17.2. The number of carbonyl (C=O) groups excluding carboxylic acids is 2. The van der Waals surface area contributed by atoms with Gasteiger partial charge in [-0.15, -0.1) is 0 Å². The summed E-state index contributed by atoms with van der Waals surface area (Å²) < 4.78 is 18.8. The van der Waals surface area contributed by atoms with Crippen molar-refractivity contribution in [1.82, 2.24) is 4.90 Å². The Morgan fingerprint density at radius 1 is 1.00 bits per heavy atom. The number of ether oxygens (including phenoxy) is 1. The summed E-state index contributed by atoms with van der Waals surface area (Å²) >= 11 is 18.4. The highest BCUT2D eigenvalue weighted by Gasteiger charge is 2.46. The second-order valence-electron chi connectivity index (χ2n) is 7.89. The van der Waals surface area contributed by atoms with E-state index in [2.05, 4.69) is 0 Å². The van der Waals surface area contributed by atoms with Crippen LogP contribution >= 0.6 is 34.8 Å². The smallest absolute Gasteiger partial charge is 0.295 e. The van der Waals surface area contributed by atoms with Gasteiger partial charge in [0.1, 0.15) is 11.6 Å². The van der Waals surface area contributed by atoms with E-state index in [-0.39, 0.29) is 33.5 Å². The van der Waals surface area contributed by atoms with E-state index in [0.717, 1.165) is 5.56 Å². The second-order valence-corrected chi connectivity index (χ2v) is 9.14. The Balaban J connectivity index is 1.80. The third-order valence-corrected chi connectivity index (χ3v) is 6.57. The molecule has 1 atom stereocenters. The predicted molar refractivity (Wildman–Crippen MR) is 134 cm³/mol. The minimum Gasteiger partial charge on any atom is -0.507 e. The molecule has 1 amide bonds. The minimum absolute atomic E-state index is 0.122. The monoisotopic (exact) mass is 533 g/mol. The number of hydrogen-bond donors (Lipinski definition) is 1. The Bertz CT molecular complexity index is 1300. The van der Waals surface area contributed by atoms with Gasteiger partial charge in [0, 0.05) is 17.1 Å². The van der Waals surface area contributed by atoms with E-state index >= 15 is 0 Å². The molecule has 0 aromatic heterocycles. The van der Waals surface area contributed by atoms with E-state index in [9.17, 15) is 19.1 Å². The molecule has 0 spiro atoms. The van der Waals surface area contributed by atoms with E-state index in [4.69, 9.17) is 39.5 Å². The summed E-state index contributed by atoms with van der Waals surface area (Å²) in [4.78, 5) is 27.6. The third-order valence-electron chi connectivity index (χ3n) is 5.76. The lowest BCUT2D eigenvalue weighted by Crippen LogP contribution is -2.31. The molecule has 4 rings (SSSR count). The fourth-order valence-electron chi connectivity index (χ4n) is 4.05. The highest BCUT2D eigenvalue weighted by Crippen LogP contribution is 2.42. The van der Waals surface area contributed by atoms with E-state index < -0.39 is 29.3 Å². The van der Waals surface area contributed by atoms with Crippen molar-refractivity contribution in [2.75, 3.05) is 13.7 Å². The summed E-state index contributed by atoms with van der Waals surface area (Å²) in [5.74, 6) is -2.35. The van der Waals surface area contributed by atoms with Gasteiger partial charge in [-0.05, 0) is 53.9 Å². The summed E-state index contributed by atoms with van der Waals surface area (Å²) in [6.07, 6.45) is 0.433. The van der Waals surface area contributed by atoms with Gasteiger partial charge in [-0.25, -0.2) is 4.39 Å². The van der Waals surface area contributed by atoms with Crippen LogP contribution < -0.4 is 4.74 Å². The molecular formula is C26H19Cl3FNO4. The number of hydrogen-bond acceptors (Lipinski definition) is 4. The number of benzene rings is 3. The molecule has 1 fully saturated rings. The maximum Gasteiger partial charge on any atom is 0.295 e. The maximum absolute atomic E-state index is 13.6. The summed E-state index contributed by atoms with van der Waals surface area (Å²) in [6, 6.07) is 14.4. The van der Waals surface area contributed by atoms with Gasteiger partial charge < -0.3 is 14.7 Å². The van der Waals surface area contributed by atoms with Crippen LogP contribution in [0.3, 0.4) is 0 Å². The average molecular weight is 535 g/mol. The lowest BCUT2D eigenvalue weighted by molar-refractivity contribution is -0.139. The number of carbonyl (C=O) groups is 2. The molecule has 1 saturated heterocycles. The van der Waals surface area contributed by atoms with E-state index in [1.807, 2.05) is 12.1 Å². The number of Topliss-reactive ketones (excluding diaryl/α,β-unsaturated/α-hetero) is 1. The molecule has 1 heterocycles. The van der Waals surface area contributed by atoms with Crippen LogP contribution in [-0.2, 0) is 16.0 Å². The summed E-state index contributed by atoms with van der Waals surface area (Å²) in [5, 5.41) is 12.0. The molecular weight excluding hydrogens is 516 g/mol. The van der Waals surface area contributed by atoms with Crippen molar-refractivity contribution in [2.24, 2.45) is 0 Å². The first-order valence-corrected chi connectivity index (χ1v) is 11.7. The van der Waals surface area contributed by atoms with Gasteiger partial charge >= 0.3 is 0 Å². The first kappa shape index (κ1) is 25.0. The molecule has 5 nitrogen and oxygen atoms in total. The molecule has 1 unspecified atom stereocenters. The number of aliphatic hydroxyl groups is 1. The van der Waals surface area contributed by atoms with Crippen molar-refractivity contribution in [3.05, 3.63) is 104 Å². The number of methoxy groups -OCH3 is 1. The van der Waals surface area contributed by atoms with Crippen LogP contribution in [0.15, 0.2) is 66.2 Å². The van der Waals surface area contributed by atoms with Gasteiger partial charge in [-0.2, -0.15) is 0 Å². The molecule has 0 bridgehead atoms. The topological polar surface area (TPSA) is 66.8 Å². The third kappa shape index (κ3) is 5.01. The first-order chi connectivity index (χ1) is 16.7. The van der Waals surface area contributed by atoms with Crippen LogP contribution in [0.1, 0.15) is 22.7 Å². The van der Waals surface area contributed by atoms with Crippen molar-refractivity contribution >= 4 is 52.3 Å². The van der Waals surface area contributed by atoms with Crippen molar-refractivity contribution in [3.8, 4) is 5.75 Å². The fourth-order valence-corrected chi connectivity index (χ4v) is 4.82. The summed E-state index contributed by atoms with van der Waals surface area (Å²) in [7, 11) is 1.40. The van der Waals surface area contributed by atoms with E-state index in [0.29, 0.717) is 17.0 Å². The molecule has 9 heteroatoms. The minimum atomic E-state index is -0.942. The van der Waals surface area contributed by atoms with E-state index in [1.54, 1.807) is 12.1 Å². The second kappa shape index (κ2) is 10.3. The number of aliphatic hydroxyl groups excluding tert-OH is 1. The predicted octanol–water partition coefficient (Wildman–Crippen LogP) is 6.46. The van der Waals surface area contributed by atoms with Crippen LogP contribution in [0.2, 0.25) is 15.1 Å². The van der Waals surface area contributed by atoms with Gasteiger partial charge in [0.05, 0.1) is 28.8 Å². The summed E-state index contributed by atoms with van der Waals surface area (Å²) in [5.41, 5.74) is 1.37. The number of nitrogens with zero attached hydrogens (tertiary/aromatic N) is 1. The molecule has 180 valence electrons. The SMILES string of the molecule is COc1c(Cl)cc(/C(O)=C2\C(=O)C(=O)N(CCc3ccc(Cl)cc3)C2c2ccc(F)cc2)cc1Cl. The Morgan fingerprint density at radius 3 is 2.17 bits per heavy atom. The number of amides is 1. The number of rotatable bonds is 6. The van der Waals surface area contributed by atoms with Gasteiger partial charge in [0.25, 0.3) is 11.7 Å². The van der Waals surface area contributed by atoms with Gasteiger partial charge in [-0.3, -0.25) is 9.59 Å². The van der Waals surface area contributed by atoms with Gasteiger partial charge in [-0.1, -0.05) is 59.1 Å². The zero-order valence-corrected chi connectivity index (χ0v) is 20.7. The molecule has 0 radical (unpaired) electrons. The van der Waals surface area contributed by atoms with E-state index in [1.165, 1.54) is 48.4 Å². The highest BCUT2D eigenvalue weighted by atomic mass is 35.5. The van der Waals surface area contributed by atoms with Crippen molar-refractivity contribution in [1.29, 1.82) is 0 Å². The zero-order valence-electron chi connectivity index (χ0n) is 18.4. The zero-order chi connectivity index (χ0) is 25.3. The van der Waals surface area contributed by atoms with Crippen molar-refractivity contribution in [2.45, 2.75) is 12.5 Å². The highest BCUT2D eigenvalue weighted by molar-refractivity contribution is 6.46. The largest absolute Gasteiger partial charge is 0.507 e.